The Hall–Kier alpha value is -0.650. The van der Waals surface area contributed by atoms with Crippen LogP contribution in [-0.2, 0) is 6.54 Å². The summed E-state index contributed by atoms with van der Waals surface area (Å²) in [5.41, 5.74) is 0.0576. The summed E-state index contributed by atoms with van der Waals surface area (Å²) in [7, 11) is 0. The zero-order valence-corrected chi connectivity index (χ0v) is 10.3. The van der Waals surface area contributed by atoms with Crippen LogP contribution >= 0.6 is 22.6 Å². The van der Waals surface area contributed by atoms with Gasteiger partial charge in [-0.1, -0.05) is 6.08 Å². The van der Waals surface area contributed by atoms with Crippen molar-refractivity contribution in [1.29, 1.82) is 0 Å². The molecule has 0 bridgehead atoms. The van der Waals surface area contributed by atoms with Crippen LogP contribution in [0.15, 0.2) is 23.6 Å². The van der Waals surface area contributed by atoms with Crippen LogP contribution in [0.3, 0.4) is 0 Å². The zero-order chi connectivity index (χ0) is 10.6. The molecule has 1 aromatic heterocycles. The number of allylic oxidation sites excluding steroid dienone is 1. The molecule has 3 nitrogen and oxygen atoms in total. The number of nitrogens with zero attached hydrogens (tertiary/aromatic N) is 2. The van der Waals surface area contributed by atoms with E-state index in [4.69, 9.17) is 0 Å². The van der Waals surface area contributed by atoms with Crippen LogP contribution in [0.25, 0.3) is 0 Å². The number of hydrogen-bond donors (Lipinski definition) is 0. The third kappa shape index (κ3) is 2.67. The van der Waals surface area contributed by atoms with Crippen molar-refractivity contribution in [3.8, 4) is 0 Å². The first-order valence-electron chi connectivity index (χ1n) is 4.49. The molecular formula is C10H13IN2O. The summed E-state index contributed by atoms with van der Waals surface area (Å²) in [5.74, 6) is 0.777. The number of rotatable bonds is 4. The van der Waals surface area contributed by atoms with Gasteiger partial charge in [-0.05, 0) is 42.4 Å². The first-order chi connectivity index (χ1) is 6.66. The van der Waals surface area contributed by atoms with Crippen LogP contribution in [-0.4, -0.2) is 9.55 Å². The van der Waals surface area contributed by atoms with E-state index in [0.29, 0.717) is 3.57 Å². The van der Waals surface area contributed by atoms with Gasteiger partial charge in [0.15, 0.2) is 0 Å². The van der Waals surface area contributed by atoms with Crippen LogP contribution in [0.5, 0.6) is 0 Å². The lowest BCUT2D eigenvalue weighted by atomic mass is 10.3. The van der Waals surface area contributed by atoms with Crippen LogP contribution in [0.4, 0.5) is 0 Å². The Bertz CT molecular complexity index is 384. The first-order valence-corrected chi connectivity index (χ1v) is 5.57. The number of halogens is 1. The van der Waals surface area contributed by atoms with Crippen LogP contribution in [0, 0.1) is 10.5 Å². The molecule has 0 aromatic carbocycles. The molecule has 0 aliphatic carbocycles. The molecule has 0 N–H and O–H groups in total. The monoisotopic (exact) mass is 304 g/mol. The quantitative estimate of drug-likeness (QED) is 0.485. The minimum Gasteiger partial charge on any atom is -0.296 e. The minimum atomic E-state index is 0.0576. The highest BCUT2D eigenvalue weighted by Gasteiger charge is 2.03. The number of aromatic nitrogens is 2. The first kappa shape index (κ1) is 11.4. The van der Waals surface area contributed by atoms with E-state index in [2.05, 4.69) is 11.6 Å². The summed E-state index contributed by atoms with van der Waals surface area (Å²) in [4.78, 5) is 15.8. The molecule has 0 atom stereocenters. The molecule has 0 fully saturated rings. The molecule has 14 heavy (non-hydrogen) atoms. The maximum atomic E-state index is 11.7. The number of aryl methyl sites for hydroxylation is 1. The van der Waals surface area contributed by atoms with E-state index in [1.54, 1.807) is 10.8 Å². The van der Waals surface area contributed by atoms with Gasteiger partial charge in [0.25, 0.3) is 5.56 Å². The minimum absolute atomic E-state index is 0.0576. The fourth-order valence-corrected chi connectivity index (χ4v) is 1.64. The Kier molecular flexibility index (Phi) is 4.31. The van der Waals surface area contributed by atoms with E-state index in [1.165, 1.54) is 0 Å². The Labute approximate surface area is 97.0 Å². The highest BCUT2D eigenvalue weighted by atomic mass is 127. The molecule has 0 unspecified atom stereocenters. The third-order valence-corrected chi connectivity index (χ3v) is 2.73. The summed E-state index contributed by atoms with van der Waals surface area (Å²) in [6.07, 6.45) is 5.34. The van der Waals surface area contributed by atoms with Gasteiger partial charge < -0.3 is 0 Å². The normalized spacial score (nSPS) is 10.1. The fraction of sp³-hybridized carbons (Fsp3) is 0.400. The molecule has 0 radical (unpaired) electrons. The highest BCUT2D eigenvalue weighted by molar-refractivity contribution is 14.1. The van der Waals surface area contributed by atoms with Crippen molar-refractivity contribution in [2.24, 2.45) is 0 Å². The topological polar surface area (TPSA) is 34.9 Å². The van der Waals surface area contributed by atoms with Gasteiger partial charge in [-0.2, -0.15) is 0 Å². The molecule has 4 heteroatoms. The van der Waals surface area contributed by atoms with Crippen molar-refractivity contribution in [1.82, 2.24) is 9.55 Å². The van der Waals surface area contributed by atoms with Crippen molar-refractivity contribution in [3.05, 3.63) is 38.6 Å². The van der Waals surface area contributed by atoms with Gasteiger partial charge in [0.1, 0.15) is 5.82 Å². The smallest absolute Gasteiger partial charge is 0.266 e. The molecule has 0 saturated heterocycles. The van der Waals surface area contributed by atoms with Crippen molar-refractivity contribution in [2.75, 3.05) is 0 Å². The summed E-state index contributed by atoms with van der Waals surface area (Å²) < 4.78 is 2.39. The second-order valence-corrected chi connectivity index (χ2v) is 4.20. The second-order valence-electron chi connectivity index (χ2n) is 3.04. The van der Waals surface area contributed by atoms with Gasteiger partial charge in [0.2, 0.25) is 0 Å². The lowest BCUT2D eigenvalue weighted by molar-refractivity contribution is 0.595. The van der Waals surface area contributed by atoms with Gasteiger partial charge in [-0.15, -0.1) is 6.58 Å². The summed E-state index contributed by atoms with van der Waals surface area (Å²) in [5, 5.41) is 0. The number of hydrogen-bond acceptors (Lipinski definition) is 2. The highest BCUT2D eigenvalue weighted by Crippen LogP contribution is 2.00. The predicted octanol–water partition coefficient (Wildman–Crippen LogP) is 2.12. The van der Waals surface area contributed by atoms with Crippen molar-refractivity contribution in [2.45, 2.75) is 26.3 Å². The molecule has 1 rings (SSSR count). The van der Waals surface area contributed by atoms with E-state index >= 15 is 0 Å². The van der Waals surface area contributed by atoms with Gasteiger partial charge in [0.05, 0.1) is 3.57 Å². The maximum absolute atomic E-state index is 11.7. The predicted molar refractivity (Wildman–Crippen MR) is 65.4 cm³/mol. The molecular weight excluding hydrogens is 291 g/mol. The molecule has 0 spiro atoms. The summed E-state index contributed by atoms with van der Waals surface area (Å²) in [6.45, 7) is 6.23. The van der Waals surface area contributed by atoms with E-state index in [1.807, 2.05) is 35.6 Å². The molecule has 0 amide bonds. The lowest BCUT2D eigenvalue weighted by Gasteiger charge is -2.07. The largest absolute Gasteiger partial charge is 0.296 e. The zero-order valence-electron chi connectivity index (χ0n) is 8.16. The molecule has 0 aliphatic rings. The van der Waals surface area contributed by atoms with Crippen molar-refractivity contribution >= 4 is 22.6 Å². The lowest BCUT2D eigenvalue weighted by Crippen LogP contribution is -2.25. The van der Waals surface area contributed by atoms with E-state index in [-0.39, 0.29) is 5.56 Å². The molecule has 0 saturated carbocycles. The van der Waals surface area contributed by atoms with Crippen LogP contribution < -0.4 is 5.56 Å². The van der Waals surface area contributed by atoms with E-state index < -0.39 is 0 Å². The molecule has 76 valence electrons. The fourth-order valence-electron chi connectivity index (χ4n) is 1.21. The molecule has 1 heterocycles. The third-order valence-electron chi connectivity index (χ3n) is 1.99. The van der Waals surface area contributed by atoms with Gasteiger partial charge >= 0.3 is 0 Å². The Morgan fingerprint density at radius 3 is 3.07 bits per heavy atom. The van der Waals surface area contributed by atoms with Crippen LogP contribution in [0.1, 0.15) is 18.7 Å². The Balaban J connectivity index is 2.89. The SMILES string of the molecule is C=CCCCn1c(C)ncc(I)c1=O. The van der Waals surface area contributed by atoms with Gasteiger partial charge in [-0.3, -0.25) is 9.36 Å². The van der Waals surface area contributed by atoms with E-state index in [0.717, 1.165) is 25.2 Å². The average molecular weight is 304 g/mol. The Morgan fingerprint density at radius 2 is 2.43 bits per heavy atom. The van der Waals surface area contributed by atoms with Gasteiger partial charge in [0, 0.05) is 12.7 Å². The van der Waals surface area contributed by atoms with Crippen LogP contribution in [0.2, 0.25) is 0 Å². The summed E-state index contributed by atoms with van der Waals surface area (Å²) in [6, 6.07) is 0. The van der Waals surface area contributed by atoms with Crippen molar-refractivity contribution in [3.63, 3.8) is 0 Å². The second kappa shape index (κ2) is 5.29. The molecule has 1 aromatic rings. The standard InChI is InChI=1S/C10H13IN2O/c1-3-4-5-6-13-8(2)12-7-9(11)10(13)14/h3,7H,1,4-6H2,2H3. The summed E-state index contributed by atoms with van der Waals surface area (Å²) >= 11 is 2.01. The number of unbranched alkanes of at least 4 members (excludes halogenated alkanes) is 1. The van der Waals surface area contributed by atoms with Gasteiger partial charge in [-0.25, -0.2) is 4.98 Å². The maximum Gasteiger partial charge on any atom is 0.266 e. The van der Waals surface area contributed by atoms with Crippen molar-refractivity contribution < 1.29 is 0 Å². The average Bonchev–Trinajstić information content (AvgIpc) is 2.18. The molecule has 0 aliphatic heterocycles. The Morgan fingerprint density at radius 1 is 1.71 bits per heavy atom. The van der Waals surface area contributed by atoms with E-state index in [9.17, 15) is 4.79 Å².